The first-order chi connectivity index (χ1) is 10.1. The molecule has 0 radical (unpaired) electrons. The normalized spacial score (nSPS) is 14.6. The van der Waals surface area contributed by atoms with E-state index in [1.807, 2.05) is 6.07 Å². The Kier molecular flexibility index (Phi) is 4.31. The Morgan fingerprint density at radius 2 is 2.14 bits per heavy atom. The van der Waals surface area contributed by atoms with Gasteiger partial charge in [0, 0.05) is 23.4 Å². The predicted octanol–water partition coefficient (Wildman–Crippen LogP) is 4.01. The molecule has 0 saturated carbocycles. The minimum absolute atomic E-state index is 0.0183. The van der Waals surface area contributed by atoms with Crippen molar-refractivity contribution in [2.24, 2.45) is 0 Å². The van der Waals surface area contributed by atoms with E-state index in [1.54, 1.807) is 12.1 Å². The van der Waals surface area contributed by atoms with E-state index in [1.165, 1.54) is 31.5 Å². The van der Waals surface area contributed by atoms with Crippen molar-refractivity contribution >= 4 is 29.1 Å². The maximum Gasteiger partial charge on any atom is 0.196 e. The van der Waals surface area contributed by atoms with Crippen LogP contribution >= 0.6 is 23.4 Å². The van der Waals surface area contributed by atoms with E-state index in [0.717, 1.165) is 35.3 Å². The van der Waals surface area contributed by atoms with Crippen LogP contribution in [0.15, 0.2) is 28.3 Å². The maximum atomic E-state index is 11.4. The molecule has 0 bridgehead atoms. The highest BCUT2D eigenvalue weighted by Crippen LogP contribution is 2.34. The highest BCUT2D eigenvalue weighted by atomic mass is 35.5. The standard InChI is InChI=1S/C15H16ClN3OS/c1-10(20)11-6-7-13(12(16)9-11)21-15-18-17-14-5-3-2-4-8-19(14)15/h6-7,9H,2-5,8H2,1H3. The van der Waals surface area contributed by atoms with Gasteiger partial charge in [0.2, 0.25) is 0 Å². The van der Waals surface area contributed by atoms with Crippen LogP contribution in [0.2, 0.25) is 5.02 Å². The van der Waals surface area contributed by atoms with Crippen LogP contribution in [-0.2, 0) is 13.0 Å². The number of hydrogen-bond acceptors (Lipinski definition) is 4. The van der Waals surface area contributed by atoms with Gasteiger partial charge in [-0.15, -0.1) is 10.2 Å². The number of aryl methyl sites for hydroxylation is 1. The first kappa shape index (κ1) is 14.6. The molecule has 4 nitrogen and oxygen atoms in total. The van der Waals surface area contributed by atoms with E-state index < -0.39 is 0 Å². The van der Waals surface area contributed by atoms with Crippen molar-refractivity contribution in [2.75, 3.05) is 0 Å². The van der Waals surface area contributed by atoms with Crippen LogP contribution in [0.5, 0.6) is 0 Å². The van der Waals surface area contributed by atoms with Crippen molar-refractivity contribution in [3.8, 4) is 0 Å². The number of halogens is 1. The van der Waals surface area contributed by atoms with Gasteiger partial charge in [-0.1, -0.05) is 24.1 Å². The molecular weight excluding hydrogens is 306 g/mol. The third-order valence-corrected chi connectivity index (χ3v) is 5.10. The summed E-state index contributed by atoms with van der Waals surface area (Å²) < 4.78 is 2.19. The fourth-order valence-electron chi connectivity index (χ4n) is 2.43. The first-order valence-electron chi connectivity index (χ1n) is 7.05. The summed E-state index contributed by atoms with van der Waals surface area (Å²) in [5, 5.41) is 10.0. The van der Waals surface area contributed by atoms with Crippen molar-refractivity contribution < 1.29 is 4.79 Å². The number of benzene rings is 1. The van der Waals surface area contributed by atoms with Crippen molar-refractivity contribution in [1.29, 1.82) is 0 Å². The topological polar surface area (TPSA) is 47.8 Å². The van der Waals surface area contributed by atoms with Gasteiger partial charge in [-0.2, -0.15) is 0 Å². The minimum atomic E-state index is 0.0183. The molecule has 2 heterocycles. The lowest BCUT2D eigenvalue weighted by atomic mass is 10.1. The molecule has 6 heteroatoms. The van der Waals surface area contributed by atoms with E-state index in [-0.39, 0.29) is 5.78 Å². The van der Waals surface area contributed by atoms with E-state index in [9.17, 15) is 4.79 Å². The van der Waals surface area contributed by atoms with Crippen LogP contribution in [0.3, 0.4) is 0 Å². The molecule has 1 aliphatic heterocycles. The predicted molar refractivity (Wildman–Crippen MR) is 83.2 cm³/mol. The van der Waals surface area contributed by atoms with Crippen molar-refractivity contribution in [3.05, 3.63) is 34.6 Å². The molecule has 3 rings (SSSR count). The van der Waals surface area contributed by atoms with Crippen molar-refractivity contribution in [1.82, 2.24) is 14.8 Å². The van der Waals surface area contributed by atoms with Gasteiger partial charge >= 0.3 is 0 Å². The number of ketones is 1. The number of hydrogen-bond donors (Lipinski definition) is 0. The second kappa shape index (κ2) is 6.20. The third kappa shape index (κ3) is 3.14. The highest BCUT2D eigenvalue weighted by Gasteiger charge is 2.16. The highest BCUT2D eigenvalue weighted by molar-refractivity contribution is 7.99. The summed E-state index contributed by atoms with van der Waals surface area (Å²) in [5.74, 6) is 1.08. The molecule has 0 amide bonds. The van der Waals surface area contributed by atoms with Gasteiger partial charge in [-0.05, 0) is 43.7 Å². The molecule has 0 atom stereocenters. The van der Waals surface area contributed by atoms with E-state index in [2.05, 4.69) is 14.8 Å². The molecule has 1 aliphatic rings. The van der Waals surface area contributed by atoms with Crippen LogP contribution in [-0.4, -0.2) is 20.5 Å². The molecule has 0 spiro atoms. The molecule has 2 aromatic rings. The Balaban J connectivity index is 1.87. The van der Waals surface area contributed by atoms with Gasteiger partial charge in [0.05, 0.1) is 5.02 Å². The number of carbonyl (C=O) groups excluding carboxylic acids is 1. The number of nitrogens with zero attached hydrogens (tertiary/aromatic N) is 3. The Morgan fingerprint density at radius 3 is 2.90 bits per heavy atom. The monoisotopic (exact) mass is 321 g/mol. The lowest BCUT2D eigenvalue weighted by Crippen LogP contribution is -2.02. The fraction of sp³-hybridized carbons (Fsp3) is 0.400. The SMILES string of the molecule is CC(=O)c1ccc(Sc2nnc3n2CCCCC3)c(Cl)c1. The van der Waals surface area contributed by atoms with E-state index in [4.69, 9.17) is 11.6 Å². The van der Waals surface area contributed by atoms with Crippen LogP contribution in [0, 0.1) is 0 Å². The number of rotatable bonds is 3. The molecule has 1 aromatic carbocycles. The molecular formula is C15H16ClN3OS. The third-order valence-electron chi connectivity index (χ3n) is 3.62. The summed E-state index contributed by atoms with van der Waals surface area (Å²) in [4.78, 5) is 12.3. The average molecular weight is 322 g/mol. The molecule has 0 saturated heterocycles. The van der Waals surface area contributed by atoms with Gasteiger partial charge < -0.3 is 4.57 Å². The zero-order valence-electron chi connectivity index (χ0n) is 11.8. The average Bonchev–Trinajstić information content (AvgIpc) is 2.69. The smallest absolute Gasteiger partial charge is 0.196 e. The summed E-state index contributed by atoms with van der Waals surface area (Å²) in [6.07, 6.45) is 4.57. The molecule has 110 valence electrons. The molecule has 0 N–H and O–H groups in total. The maximum absolute atomic E-state index is 11.4. The van der Waals surface area contributed by atoms with Crippen LogP contribution in [0.1, 0.15) is 42.4 Å². The Bertz CT molecular complexity index is 684. The lowest BCUT2D eigenvalue weighted by Gasteiger charge is -2.08. The van der Waals surface area contributed by atoms with Gasteiger partial charge in [0.25, 0.3) is 0 Å². The second-order valence-corrected chi connectivity index (χ2v) is 6.58. The summed E-state index contributed by atoms with van der Waals surface area (Å²) in [7, 11) is 0. The van der Waals surface area contributed by atoms with Gasteiger partial charge in [-0.25, -0.2) is 0 Å². The molecule has 0 fully saturated rings. The molecule has 1 aromatic heterocycles. The van der Waals surface area contributed by atoms with Gasteiger partial charge in [0.1, 0.15) is 5.82 Å². The van der Waals surface area contributed by atoms with Crippen LogP contribution in [0.4, 0.5) is 0 Å². The number of fused-ring (bicyclic) bond motifs is 1. The number of aromatic nitrogens is 3. The number of Topliss-reactive ketones (excluding diaryl/α,β-unsaturated/α-hetero) is 1. The Labute approximate surface area is 132 Å². The molecule has 21 heavy (non-hydrogen) atoms. The summed E-state index contributed by atoms with van der Waals surface area (Å²) >= 11 is 7.79. The molecule has 0 unspecified atom stereocenters. The van der Waals surface area contributed by atoms with E-state index in [0.29, 0.717) is 10.6 Å². The summed E-state index contributed by atoms with van der Waals surface area (Å²) in [5.41, 5.74) is 0.629. The fourth-order valence-corrected chi connectivity index (χ4v) is 3.61. The minimum Gasteiger partial charge on any atom is -0.306 e. The Morgan fingerprint density at radius 1 is 1.29 bits per heavy atom. The quantitative estimate of drug-likeness (QED) is 0.801. The van der Waals surface area contributed by atoms with Crippen LogP contribution in [0.25, 0.3) is 0 Å². The molecule has 0 aliphatic carbocycles. The largest absolute Gasteiger partial charge is 0.306 e. The Hall–Kier alpha value is -1.33. The first-order valence-corrected chi connectivity index (χ1v) is 8.25. The van der Waals surface area contributed by atoms with Crippen LogP contribution < -0.4 is 0 Å². The number of carbonyl (C=O) groups is 1. The second-order valence-electron chi connectivity index (χ2n) is 5.16. The lowest BCUT2D eigenvalue weighted by molar-refractivity contribution is 0.101. The summed E-state index contributed by atoms with van der Waals surface area (Å²) in [6.45, 7) is 2.50. The zero-order chi connectivity index (χ0) is 14.8. The van der Waals surface area contributed by atoms with Gasteiger partial charge in [0.15, 0.2) is 10.9 Å². The zero-order valence-corrected chi connectivity index (χ0v) is 13.4. The van der Waals surface area contributed by atoms with E-state index >= 15 is 0 Å². The van der Waals surface area contributed by atoms with Gasteiger partial charge in [-0.3, -0.25) is 4.79 Å². The summed E-state index contributed by atoms with van der Waals surface area (Å²) in [6, 6.07) is 5.39. The van der Waals surface area contributed by atoms with Crippen molar-refractivity contribution in [3.63, 3.8) is 0 Å². The van der Waals surface area contributed by atoms with Crippen molar-refractivity contribution in [2.45, 2.75) is 49.2 Å².